The van der Waals surface area contributed by atoms with E-state index in [1.165, 1.54) is 44.1 Å². The van der Waals surface area contributed by atoms with Crippen molar-refractivity contribution in [1.29, 1.82) is 0 Å². The molecule has 1 unspecified atom stereocenters. The fourth-order valence-electron chi connectivity index (χ4n) is 5.83. The van der Waals surface area contributed by atoms with Crippen LogP contribution in [-0.4, -0.2) is 5.11 Å². The number of fused-ring (bicyclic) bond motifs is 5. The molecule has 0 heterocycles. The minimum atomic E-state index is 0.442. The Morgan fingerprint density at radius 1 is 1.15 bits per heavy atom. The topological polar surface area (TPSA) is 20.2 Å². The van der Waals surface area contributed by atoms with Gasteiger partial charge in [0.15, 0.2) is 0 Å². The molecule has 4 rings (SSSR count). The summed E-state index contributed by atoms with van der Waals surface area (Å²) >= 11 is 0. The van der Waals surface area contributed by atoms with Gasteiger partial charge in [-0.25, -0.2) is 0 Å². The average Bonchev–Trinajstić information content (AvgIpc) is 2.74. The summed E-state index contributed by atoms with van der Waals surface area (Å²) in [5.74, 6) is 3.96. The minimum Gasteiger partial charge on any atom is -0.508 e. The molecule has 108 valence electrons. The fraction of sp³-hybridized carbons (Fsp3) is 0.684. The largest absolute Gasteiger partial charge is 0.508 e. The highest BCUT2D eigenvalue weighted by Gasteiger charge is 2.53. The molecule has 1 N–H and O–H groups in total. The number of aromatic hydroxyl groups is 1. The molecule has 1 aromatic carbocycles. The van der Waals surface area contributed by atoms with E-state index in [9.17, 15) is 5.11 Å². The lowest BCUT2D eigenvalue weighted by molar-refractivity contribution is 0.0336. The summed E-state index contributed by atoms with van der Waals surface area (Å²) in [5.41, 5.74) is 3.58. The Labute approximate surface area is 122 Å². The number of hydrogen-bond donors (Lipinski definition) is 1. The van der Waals surface area contributed by atoms with Crippen molar-refractivity contribution in [2.75, 3.05) is 0 Å². The molecular weight excluding hydrogens is 244 g/mol. The van der Waals surface area contributed by atoms with Crippen LogP contribution in [0, 0.1) is 23.2 Å². The number of benzene rings is 1. The number of rotatable bonds is 0. The quantitative estimate of drug-likeness (QED) is 0.712. The van der Waals surface area contributed by atoms with Crippen LogP contribution in [0.3, 0.4) is 0 Å². The molecule has 5 atom stereocenters. The number of phenols is 1. The van der Waals surface area contributed by atoms with Gasteiger partial charge >= 0.3 is 0 Å². The van der Waals surface area contributed by atoms with Crippen LogP contribution in [0.5, 0.6) is 5.75 Å². The summed E-state index contributed by atoms with van der Waals surface area (Å²) in [6.45, 7) is 5.05. The zero-order valence-electron chi connectivity index (χ0n) is 12.7. The molecule has 1 aromatic rings. The number of hydrogen-bond acceptors (Lipinski definition) is 1. The molecule has 0 radical (unpaired) electrons. The van der Waals surface area contributed by atoms with Crippen LogP contribution in [0.4, 0.5) is 0 Å². The normalized spacial score (nSPS) is 42.7. The van der Waals surface area contributed by atoms with Gasteiger partial charge in [0.25, 0.3) is 0 Å². The third kappa shape index (κ3) is 1.61. The summed E-state index contributed by atoms with van der Waals surface area (Å²) in [6, 6.07) is 6.12. The van der Waals surface area contributed by atoms with E-state index >= 15 is 0 Å². The summed E-state index contributed by atoms with van der Waals surface area (Å²) < 4.78 is 0. The van der Waals surface area contributed by atoms with Gasteiger partial charge in [0, 0.05) is 0 Å². The van der Waals surface area contributed by atoms with Crippen LogP contribution in [0.2, 0.25) is 0 Å². The van der Waals surface area contributed by atoms with Crippen LogP contribution in [0.1, 0.15) is 63.0 Å². The standard InChI is InChI=1S/C19H26O/c1-12-3-8-18-17-6-4-13-11-14(20)5-7-15(13)16(17)9-10-19(12,18)2/h5,7,11-12,16-18,20H,3-4,6,8-10H2,1-2H3/t12?,16-,17-,18+,19-/m1/s1. The lowest BCUT2D eigenvalue weighted by Crippen LogP contribution is -2.41. The molecule has 2 saturated carbocycles. The zero-order chi connectivity index (χ0) is 13.9. The minimum absolute atomic E-state index is 0.442. The van der Waals surface area contributed by atoms with Crippen LogP contribution in [0.25, 0.3) is 0 Å². The first-order valence-corrected chi connectivity index (χ1v) is 8.41. The van der Waals surface area contributed by atoms with Gasteiger partial charge in [0.1, 0.15) is 5.75 Å². The van der Waals surface area contributed by atoms with Crippen molar-refractivity contribution in [2.45, 2.75) is 58.3 Å². The second kappa shape index (κ2) is 4.26. The molecule has 0 amide bonds. The smallest absolute Gasteiger partial charge is 0.115 e. The summed E-state index contributed by atoms with van der Waals surface area (Å²) in [5, 5.41) is 9.71. The first-order valence-electron chi connectivity index (χ1n) is 8.41. The molecule has 3 aliphatic carbocycles. The Morgan fingerprint density at radius 3 is 2.85 bits per heavy atom. The highest BCUT2D eigenvalue weighted by Crippen LogP contribution is 2.62. The Bertz CT molecular complexity index is 535. The SMILES string of the molecule is CC1CC[C@H]2[C@@H]3CCc4cc(O)ccc4[C@H]3CC[C@]12C. The van der Waals surface area contributed by atoms with Crippen LogP contribution in [0.15, 0.2) is 18.2 Å². The molecule has 0 aliphatic heterocycles. The van der Waals surface area contributed by atoms with Crippen LogP contribution >= 0.6 is 0 Å². The Morgan fingerprint density at radius 2 is 2.00 bits per heavy atom. The highest BCUT2D eigenvalue weighted by atomic mass is 16.3. The predicted octanol–water partition coefficient (Wildman–Crippen LogP) is 4.88. The van der Waals surface area contributed by atoms with Gasteiger partial charge in [-0.05, 0) is 90.9 Å². The lowest BCUT2D eigenvalue weighted by atomic mass is 9.54. The highest BCUT2D eigenvalue weighted by molar-refractivity contribution is 5.40. The molecule has 1 heteroatoms. The molecule has 2 fully saturated rings. The predicted molar refractivity (Wildman–Crippen MR) is 81.9 cm³/mol. The van der Waals surface area contributed by atoms with E-state index in [1.807, 2.05) is 12.1 Å². The molecule has 3 aliphatic rings. The van der Waals surface area contributed by atoms with E-state index in [0.717, 1.165) is 23.7 Å². The third-order valence-electron chi connectivity index (χ3n) is 7.18. The molecule has 0 bridgehead atoms. The maximum atomic E-state index is 9.71. The average molecular weight is 270 g/mol. The van der Waals surface area contributed by atoms with Gasteiger partial charge in [-0.1, -0.05) is 19.9 Å². The monoisotopic (exact) mass is 270 g/mol. The first-order chi connectivity index (χ1) is 9.59. The van der Waals surface area contributed by atoms with Gasteiger partial charge in [0.2, 0.25) is 0 Å². The fourth-order valence-corrected chi connectivity index (χ4v) is 5.83. The van der Waals surface area contributed by atoms with Crippen molar-refractivity contribution in [3.8, 4) is 5.75 Å². The Kier molecular flexibility index (Phi) is 2.71. The van der Waals surface area contributed by atoms with E-state index in [2.05, 4.69) is 19.9 Å². The zero-order valence-corrected chi connectivity index (χ0v) is 12.7. The van der Waals surface area contributed by atoms with Crippen LogP contribution < -0.4 is 0 Å². The lowest BCUT2D eigenvalue weighted by Gasteiger charge is -2.50. The van der Waals surface area contributed by atoms with Crippen LogP contribution in [-0.2, 0) is 6.42 Å². The molecular formula is C19H26O. The van der Waals surface area contributed by atoms with Gasteiger partial charge in [-0.15, -0.1) is 0 Å². The van der Waals surface area contributed by atoms with Gasteiger partial charge in [-0.2, -0.15) is 0 Å². The second-order valence-corrected chi connectivity index (χ2v) is 7.82. The summed E-state index contributed by atoms with van der Waals surface area (Å²) in [7, 11) is 0. The van der Waals surface area contributed by atoms with E-state index < -0.39 is 0 Å². The van der Waals surface area contributed by atoms with E-state index in [4.69, 9.17) is 0 Å². The van der Waals surface area contributed by atoms with E-state index in [1.54, 1.807) is 5.56 Å². The first kappa shape index (κ1) is 12.7. The van der Waals surface area contributed by atoms with Crippen molar-refractivity contribution in [3.05, 3.63) is 29.3 Å². The van der Waals surface area contributed by atoms with Crippen molar-refractivity contribution in [1.82, 2.24) is 0 Å². The number of aryl methyl sites for hydroxylation is 1. The summed E-state index contributed by atoms with van der Waals surface area (Å²) in [6.07, 6.45) is 8.17. The molecule has 0 aromatic heterocycles. The molecule has 0 spiro atoms. The maximum Gasteiger partial charge on any atom is 0.115 e. The summed E-state index contributed by atoms with van der Waals surface area (Å²) in [4.78, 5) is 0. The van der Waals surface area contributed by atoms with Crippen molar-refractivity contribution in [3.63, 3.8) is 0 Å². The molecule has 1 nitrogen and oxygen atoms in total. The van der Waals surface area contributed by atoms with Crippen molar-refractivity contribution < 1.29 is 5.11 Å². The van der Waals surface area contributed by atoms with Gasteiger partial charge < -0.3 is 5.11 Å². The maximum absolute atomic E-state index is 9.71. The van der Waals surface area contributed by atoms with Crippen molar-refractivity contribution >= 4 is 0 Å². The Hall–Kier alpha value is -0.980. The van der Waals surface area contributed by atoms with Gasteiger partial charge in [-0.3, -0.25) is 0 Å². The van der Waals surface area contributed by atoms with E-state index in [0.29, 0.717) is 11.2 Å². The molecule has 20 heavy (non-hydrogen) atoms. The van der Waals surface area contributed by atoms with Gasteiger partial charge in [0.05, 0.1) is 0 Å². The second-order valence-electron chi connectivity index (χ2n) is 7.82. The van der Waals surface area contributed by atoms with E-state index in [-0.39, 0.29) is 0 Å². The third-order valence-corrected chi connectivity index (χ3v) is 7.18. The number of phenolic OH excluding ortho intramolecular Hbond substituents is 1. The Balaban J connectivity index is 1.71. The van der Waals surface area contributed by atoms with Crippen molar-refractivity contribution in [2.24, 2.45) is 23.2 Å². The molecule has 0 saturated heterocycles.